The highest BCUT2D eigenvalue weighted by molar-refractivity contribution is 5.96. The normalized spacial score (nSPS) is 17.8. The van der Waals surface area contributed by atoms with E-state index in [0.717, 1.165) is 12.8 Å². The van der Waals surface area contributed by atoms with Crippen molar-refractivity contribution in [1.29, 1.82) is 0 Å². The second-order valence-electron chi connectivity index (χ2n) is 10.9. The third-order valence-electron chi connectivity index (χ3n) is 8.73. The van der Waals surface area contributed by atoms with Crippen molar-refractivity contribution >= 4 is 11.4 Å². The van der Waals surface area contributed by atoms with Crippen molar-refractivity contribution in [3.8, 4) is 22.3 Å². The Balaban J connectivity index is 1.45. The summed E-state index contributed by atoms with van der Waals surface area (Å²) in [4.78, 5) is 2.42. The second-order valence-corrected chi connectivity index (χ2v) is 10.9. The van der Waals surface area contributed by atoms with Crippen molar-refractivity contribution in [2.24, 2.45) is 0 Å². The summed E-state index contributed by atoms with van der Waals surface area (Å²) >= 11 is 0. The van der Waals surface area contributed by atoms with E-state index in [2.05, 4.69) is 145 Å². The SMILES string of the molecule is Cc1ccc2c(c1)-c1ccccc1C21c2ccccc2-c2ccc(N(C3=CCCC=C3)c3ccccc3)cc21. The molecule has 1 atom stereocenters. The van der Waals surface area contributed by atoms with Crippen LogP contribution in [0.5, 0.6) is 0 Å². The van der Waals surface area contributed by atoms with Crippen LogP contribution in [0.1, 0.15) is 40.7 Å². The Kier molecular flexibility index (Phi) is 4.84. The Hall–Kier alpha value is -4.62. The van der Waals surface area contributed by atoms with Gasteiger partial charge in [0.2, 0.25) is 0 Å². The minimum atomic E-state index is -0.333. The lowest BCUT2D eigenvalue weighted by Gasteiger charge is -2.32. The van der Waals surface area contributed by atoms with E-state index in [1.165, 1.54) is 67.1 Å². The predicted molar refractivity (Wildman–Crippen MR) is 163 cm³/mol. The van der Waals surface area contributed by atoms with Gasteiger partial charge in [-0.05, 0) is 94.6 Å². The van der Waals surface area contributed by atoms with E-state index in [-0.39, 0.29) is 5.41 Å². The van der Waals surface area contributed by atoms with E-state index in [4.69, 9.17) is 0 Å². The van der Waals surface area contributed by atoms with Gasteiger partial charge >= 0.3 is 0 Å². The van der Waals surface area contributed by atoms with Gasteiger partial charge in [-0.15, -0.1) is 0 Å². The lowest BCUT2D eigenvalue weighted by atomic mass is 9.70. The number of rotatable bonds is 3. The highest BCUT2D eigenvalue weighted by Gasteiger charge is 2.51. The van der Waals surface area contributed by atoms with Crippen LogP contribution in [-0.2, 0) is 5.41 Å². The zero-order chi connectivity index (χ0) is 26.0. The summed E-state index contributed by atoms with van der Waals surface area (Å²) in [5, 5.41) is 0. The number of aryl methyl sites for hydroxylation is 1. The van der Waals surface area contributed by atoms with Gasteiger partial charge in [0, 0.05) is 17.1 Å². The lowest BCUT2D eigenvalue weighted by molar-refractivity contribution is 0.793. The number of benzene rings is 5. The summed E-state index contributed by atoms with van der Waals surface area (Å²) < 4.78 is 0. The predicted octanol–water partition coefficient (Wildman–Crippen LogP) is 9.71. The molecule has 5 aromatic rings. The molecule has 0 heterocycles. The molecule has 0 saturated carbocycles. The van der Waals surface area contributed by atoms with Crippen molar-refractivity contribution in [3.05, 3.63) is 167 Å². The molecule has 5 aromatic carbocycles. The van der Waals surface area contributed by atoms with Crippen LogP contribution < -0.4 is 4.90 Å². The lowest BCUT2D eigenvalue weighted by Crippen LogP contribution is -2.26. The Morgan fingerprint density at radius 3 is 1.95 bits per heavy atom. The molecule has 39 heavy (non-hydrogen) atoms. The molecule has 1 spiro atoms. The first-order chi connectivity index (χ1) is 19.3. The largest absolute Gasteiger partial charge is 0.311 e. The van der Waals surface area contributed by atoms with Crippen LogP contribution in [0.2, 0.25) is 0 Å². The summed E-state index contributed by atoms with van der Waals surface area (Å²) in [5.41, 5.74) is 15.5. The third-order valence-corrected chi connectivity index (χ3v) is 8.73. The van der Waals surface area contributed by atoms with Crippen LogP contribution >= 0.6 is 0 Å². The number of hydrogen-bond donors (Lipinski definition) is 0. The van der Waals surface area contributed by atoms with Crippen LogP contribution in [0, 0.1) is 6.92 Å². The summed E-state index contributed by atoms with van der Waals surface area (Å²) in [7, 11) is 0. The van der Waals surface area contributed by atoms with Crippen LogP contribution in [0.15, 0.2) is 139 Å². The van der Waals surface area contributed by atoms with Gasteiger partial charge in [0.1, 0.15) is 0 Å². The van der Waals surface area contributed by atoms with Crippen LogP contribution in [0.3, 0.4) is 0 Å². The number of fused-ring (bicyclic) bond motifs is 10. The first kappa shape index (κ1) is 22.4. The molecular weight excluding hydrogens is 470 g/mol. The highest BCUT2D eigenvalue weighted by atomic mass is 15.1. The minimum Gasteiger partial charge on any atom is -0.311 e. The molecule has 0 aromatic heterocycles. The zero-order valence-corrected chi connectivity index (χ0v) is 22.1. The molecule has 0 N–H and O–H groups in total. The maximum absolute atomic E-state index is 2.47. The van der Waals surface area contributed by atoms with E-state index in [1.807, 2.05) is 0 Å². The van der Waals surface area contributed by atoms with Gasteiger partial charge in [-0.2, -0.15) is 0 Å². The average Bonchev–Trinajstić information content (AvgIpc) is 3.45. The number of anilines is 2. The molecule has 186 valence electrons. The molecule has 1 heteroatoms. The Labute approximate surface area is 230 Å². The Morgan fingerprint density at radius 1 is 0.538 bits per heavy atom. The topological polar surface area (TPSA) is 3.24 Å². The third kappa shape index (κ3) is 3.08. The van der Waals surface area contributed by atoms with Gasteiger partial charge in [-0.1, -0.05) is 109 Å². The van der Waals surface area contributed by atoms with Crippen LogP contribution in [-0.4, -0.2) is 0 Å². The first-order valence-electron chi connectivity index (χ1n) is 13.9. The second kappa shape index (κ2) is 8.44. The molecule has 3 aliphatic carbocycles. The number of nitrogens with zero attached hydrogens (tertiary/aromatic N) is 1. The van der Waals surface area contributed by atoms with E-state index in [9.17, 15) is 0 Å². The van der Waals surface area contributed by atoms with Crippen molar-refractivity contribution in [2.45, 2.75) is 25.2 Å². The Bertz CT molecular complexity index is 1820. The molecule has 1 nitrogen and oxygen atoms in total. The number of para-hydroxylation sites is 1. The monoisotopic (exact) mass is 499 g/mol. The number of allylic oxidation sites excluding steroid dienone is 3. The first-order valence-corrected chi connectivity index (χ1v) is 13.9. The van der Waals surface area contributed by atoms with Crippen molar-refractivity contribution in [2.75, 3.05) is 4.90 Å². The number of hydrogen-bond acceptors (Lipinski definition) is 1. The van der Waals surface area contributed by atoms with Crippen molar-refractivity contribution in [1.82, 2.24) is 0 Å². The van der Waals surface area contributed by atoms with E-state index >= 15 is 0 Å². The smallest absolute Gasteiger partial charge is 0.0726 e. The maximum atomic E-state index is 2.47. The quantitative estimate of drug-likeness (QED) is 0.234. The average molecular weight is 500 g/mol. The van der Waals surface area contributed by atoms with E-state index in [0.29, 0.717) is 0 Å². The zero-order valence-electron chi connectivity index (χ0n) is 22.1. The molecule has 0 aliphatic heterocycles. The highest BCUT2D eigenvalue weighted by Crippen LogP contribution is 2.63. The maximum Gasteiger partial charge on any atom is 0.0726 e. The molecule has 0 fully saturated rings. The molecule has 0 bridgehead atoms. The summed E-state index contributed by atoms with van der Waals surface area (Å²) in [6.45, 7) is 2.20. The summed E-state index contributed by atoms with van der Waals surface area (Å²) in [5.74, 6) is 0. The standard InChI is InChI=1S/C38H29N/c1-26-20-23-36-33(24-26)31-17-9-11-19-35(31)38(36)34-18-10-8-16-30(34)32-22-21-29(25-37(32)38)39(27-12-4-2-5-13-27)28-14-6-3-7-15-28/h2,4-6,8-25H,3,7H2,1H3. The van der Waals surface area contributed by atoms with Gasteiger partial charge < -0.3 is 4.90 Å². The molecule has 8 rings (SSSR count). The molecule has 0 amide bonds. The minimum absolute atomic E-state index is 0.333. The molecule has 0 saturated heterocycles. The summed E-state index contributed by atoms with van der Waals surface area (Å²) in [6.07, 6.45) is 9.10. The molecular formula is C38H29N. The van der Waals surface area contributed by atoms with Gasteiger partial charge in [-0.25, -0.2) is 0 Å². The fraction of sp³-hybridized carbons (Fsp3) is 0.105. The summed E-state index contributed by atoms with van der Waals surface area (Å²) in [6, 6.07) is 43.0. The van der Waals surface area contributed by atoms with Crippen LogP contribution in [0.4, 0.5) is 11.4 Å². The van der Waals surface area contributed by atoms with E-state index in [1.54, 1.807) is 0 Å². The van der Waals surface area contributed by atoms with E-state index < -0.39 is 0 Å². The fourth-order valence-electron chi connectivity index (χ4n) is 7.17. The molecule has 1 unspecified atom stereocenters. The molecule has 0 radical (unpaired) electrons. The Morgan fingerprint density at radius 2 is 1.21 bits per heavy atom. The van der Waals surface area contributed by atoms with Gasteiger partial charge in [-0.3, -0.25) is 0 Å². The van der Waals surface area contributed by atoms with Crippen LogP contribution in [0.25, 0.3) is 22.3 Å². The van der Waals surface area contributed by atoms with Crippen molar-refractivity contribution < 1.29 is 0 Å². The molecule has 3 aliphatic rings. The van der Waals surface area contributed by atoms with Crippen molar-refractivity contribution in [3.63, 3.8) is 0 Å². The fourth-order valence-corrected chi connectivity index (χ4v) is 7.17. The van der Waals surface area contributed by atoms with Gasteiger partial charge in [0.25, 0.3) is 0 Å². The van der Waals surface area contributed by atoms with Gasteiger partial charge in [0.05, 0.1) is 5.41 Å². The van der Waals surface area contributed by atoms with Gasteiger partial charge in [0.15, 0.2) is 0 Å².